The second-order valence-corrected chi connectivity index (χ2v) is 5.45. The van der Waals surface area contributed by atoms with Crippen LogP contribution in [0, 0.1) is 6.92 Å². The molecule has 2 atom stereocenters. The number of nitrogens with zero attached hydrogens (tertiary/aromatic N) is 3. The van der Waals surface area contributed by atoms with Gasteiger partial charge in [0.25, 0.3) is 5.91 Å². The van der Waals surface area contributed by atoms with Gasteiger partial charge in [0, 0.05) is 19.9 Å². The van der Waals surface area contributed by atoms with Crippen molar-refractivity contribution in [2.24, 2.45) is 0 Å². The summed E-state index contributed by atoms with van der Waals surface area (Å²) in [5.74, 6) is -0.0440. The van der Waals surface area contributed by atoms with Gasteiger partial charge in [-0.15, -0.1) is 0 Å². The topological polar surface area (TPSA) is 64.5 Å². The fourth-order valence-electron chi connectivity index (χ4n) is 3.17. The Morgan fingerprint density at radius 3 is 3.10 bits per heavy atom. The Balaban J connectivity index is 1.82. The standard InChI is InChI=1S/C14H19N3O3/c1-10-11(6-15-9-16-10)13(18)17-7-12(19-2)14(8-17)4-3-5-20-14/h6,9,12H,3-5,7-8H2,1-2H3/t12-,14-/m0/s1. The summed E-state index contributed by atoms with van der Waals surface area (Å²) < 4.78 is 11.4. The number of hydrogen-bond acceptors (Lipinski definition) is 5. The number of rotatable bonds is 2. The average Bonchev–Trinajstić information content (AvgIpc) is 3.07. The van der Waals surface area contributed by atoms with Crippen molar-refractivity contribution >= 4 is 5.91 Å². The Morgan fingerprint density at radius 1 is 1.60 bits per heavy atom. The first-order valence-electron chi connectivity index (χ1n) is 6.89. The summed E-state index contributed by atoms with van der Waals surface area (Å²) in [6.45, 7) is 3.71. The van der Waals surface area contributed by atoms with Crippen molar-refractivity contribution in [3.05, 3.63) is 23.8 Å². The van der Waals surface area contributed by atoms with Gasteiger partial charge in [0.05, 0.1) is 24.3 Å². The summed E-state index contributed by atoms with van der Waals surface area (Å²) in [6.07, 6.45) is 4.94. The number of likely N-dealkylation sites (tertiary alicyclic amines) is 1. The molecule has 0 radical (unpaired) electrons. The second kappa shape index (κ2) is 5.10. The summed E-state index contributed by atoms with van der Waals surface area (Å²) in [6, 6.07) is 0. The van der Waals surface area contributed by atoms with Gasteiger partial charge in [0.1, 0.15) is 18.0 Å². The molecule has 3 rings (SSSR count). The summed E-state index contributed by atoms with van der Waals surface area (Å²) in [5.41, 5.74) is 0.929. The summed E-state index contributed by atoms with van der Waals surface area (Å²) in [4.78, 5) is 22.4. The molecule has 0 N–H and O–H groups in total. The van der Waals surface area contributed by atoms with Crippen LogP contribution in [0.5, 0.6) is 0 Å². The van der Waals surface area contributed by atoms with Crippen molar-refractivity contribution in [1.82, 2.24) is 14.9 Å². The molecule has 1 aromatic rings. The number of amides is 1. The first kappa shape index (κ1) is 13.5. The first-order valence-corrected chi connectivity index (χ1v) is 6.89. The highest BCUT2D eigenvalue weighted by molar-refractivity contribution is 5.95. The normalized spacial score (nSPS) is 29.3. The maximum absolute atomic E-state index is 12.6. The molecule has 1 spiro atoms. The second-order valence-electron chi connectivity index (χ2n) is 5.45. The first-order chi connectivity index (χ1) is 9.66. The van der Waals surface area contributed by atoms with E-state index in [9.17, 15) is 4.79 Å². The van der Waals surface area contributed by atoms with Crippen molar-refractivity contribution in [2.75, 3.05) is 26.8 Å². The lowest BCUT2D eigenvalue weighted by Gasteiger charge is -2.27. The maximum Gasteiger partial charge on any atom is 0.257 e. The van der Waals surface area contributed by atoms with Gasteiger partial charge in [-0.3, -0.25) is 4.79 Å². The van der Waals surface area contributed by atoms with Crippen LogP contribution in [0.15, 0.2) is 12.5 Å². The number of ether oxygens (including phenoxy) is 2. The third-order valence-corrected chi connectivity index (χ3v) is 4.28. The van der Waals surface area contributed by atoms with Crippen molar-refractivity contribution in [1.29, 1.82) is 0 Å². The zero-order valence-corrected chi connectivity index (χ0v) is 11.8. The van der Waals surface area contributed by atoms with Crippen molar-refractivity contribution in [2.45, 2.75) is 31.5 Å². The van der Waals surface area contributed by atoms with Crippen LogP contribution in [0.2, 0.25) is 0 Å². The Morgan fingerprint density at radius 2 is 2.45 bits per heavy atom. The molecule has 108 valence electrons. The number of methoxy groups -OCH3 is 1. The molecular formula is C14H19N3O3. The molecule has 0 bridgehead atoms. The van der Waals surface area contributed by atoms with Gasteiger partial charge < -0.3 is 14.4 Å². The molecule has 0 unspecified atom stereocenters. The van der Waals surface area contributed by atoms with E-state index in [0.29, 0.717) is 24.3 Å². The van der Waals surface area contributed by atoms with Crippen molar-refractivity contribution < 1.29 is 14.3 Å². The van der Waals surface area contributed by atoms with Gasteiger partial charge in [-0.2, -0.15) is 0 Å². The largest absolute Gasteiger partial charge is 0.377 e. The molecular weight excluding hydrogens is 258 g/mol. The highest BCUT2D eigenvalue weighted by atomic mass is 16.6. The number of hydrogen-bond donors (Lipinski definition) is 0. The van der Waals surface area contributed by atoms with Gasteiger partial charge in [-0.05, 0) is 19.8 Å². The molecule has 1 aromatic heterocycles. The van der Waals surface area contributed by atoms with E-state index in [2.05, 4.69) is 9.97 Å². The smallest absolute Gasteiger partial charge is 0.257 e. The van der Waals surface area contributed by atoms with E-state index in [1.807, 2.05) is 6.92 Å². The minimum absolute atomic E-state index is 0.0440. The molecule has 0 aliphatic carbocycles. The summed E-state index contributed by atoms with van der Waals surface area (Å²) >= 11 is 0. The van der Waals surface area contributed by atoms with E-state index < -0.39 is 0 Å². The molecule has 0 aromatic carbocycles. The molecule has 3 heterocycles. The summed E-state index contributed by atoms with van der Waals surface area (Å²) in [7, 11) is 1.68. The van der Waals surface area contributed by atoms with Crippen LogP contribution in [0.3, 0.4) is 0 Å². The van der Waals surface area contributed by atoms with Gasteiger partial charge in [0.2, 0.25) is 0 Å². The molecule has 6 heteroatoms. The van der Waals surface area contributed by atoms with Crippen molar-refractivity contribution in [3.63, 3.8) is 0 Å². The highest BCUT2D eigenvalue weighted by Gasteiger charge is 2.51. The van der Waals surface area contributed by atoms with Gasteiger partial charge >= 0.3 is 0 Å². The van der Waals surface area contributed by atoms with E-state index in [4.69, 9.17) is 9.47 Å². The lowest BCUT2D eigenvalue weighted by atomic mass is 9.96. The van der Waals surface area contributed by atoms with Gasteiger partial charge in [0.15, 0.2) is 0 Å². The van der Waals surface area contributed by atoms with Crippen LogP contribution in [0.4, 0.5) is 0 Å². The van der Waals surface area contributed by atoms with Crippen LogP contribution in [-0.4, -0.2) is 59.3 Å². The Hall–Kier alpha value is -1.53. The van der Waals surface area contributed by atoms with Crippen LogP contribution in [-0.2, 0) is 9.47 Å². The lowest BCUT2D eigenvalue weighted by molar-refractivity contribution is -0.0754. The van der Waals surface area contributed by atoms with Crippen LogP contribution in [0.25, 0.3) is 0 Å². The minimum Gasteiger partial charge on any atom is -0.377 e. The molecule has 2 fully saturated rings. The molecule has 2 aliphatic rings. The maximum atomic E-state index is 12.6. The highest BCUT2D eigenvalue weighted by Crippen LogP contribution is 2.37. The van der Waals surface area contributed by atoms with Gasteiger partial charge in [-0.1, -0.05) is 0 Å². The quantitative estimate of drug-likeness (QED) is 0.800. The Kier molecular flexibility index (Phi) is 3.43. The van der Waals surface area contributed by atoms with Crippen LogP contribution >= 0.6 is 0 Å². The molecule has 6 nitrogen and oxygen atoms in total. The van der Waals surface area contributed by atoms with Crippen molar-refractivity contribution in [3.8, 4) is 0 Å². The zero-order valence-electron chi connectivity index (χ0n) is 11.8. The number of carbonyl (C=O) groups excluding carboxylic acids is 1. The van der Waals surface area contributed by atoms with E-state index in [0.717, 1.165) is 19.4 Å². The summed E-state index contributed by atoms with van der Waals surface area (Å²) in [5, 5.41) is 0. The Bertz CT molecular complexity index is 514. The molecule has 2 aliphatic heterocycles. The molecule has 0 saturated carbocycles. The van der Waals surface area contributed by atoms with E-state index >= 15 is 0 Å². The van der Waals surface area contributed by atoms with Crippen LogP contribution in [0.1, 0.15) is 28.9 Å². The third kappa shape index (κ3) is 2.09. The fourth-order valence-corrected chi connectivity index (χ4v) is 3.17. The number of carbonyl (C=O) groups is 1. The van der Waals surface area contributed by atoms with E-state index in [1.54, 1.807) is 18.2 Å². The predicted octanol–water partition coefficient (Wildman–Crippen LogP) is 0.805. The number of aromatic nitrogens is 2. The van der Waals surface area contributed by atoms with Crippen LogP contribution < -0.4 is 0 Å². The Labute approximate surface area is 118 Å². The van der Waals surface area contributed by atoms with E-state index in [1.165, 1.54) is 6.33 Å². The molecule has 1 amide bonds. The minimum atomic E-state index is -0.325. The van der Waals surface area contributed by atoms with E-state index in [-0.39, 0.29) is 17.6 Å². The zero-order chi connectivity index (χ0) is 14.2. The predicted molar refractivity (Wildman–Crippen MR) is 71.4 cm³/mol. The SMILES string of the molecule is CO[C@H]1CN(C(=O)c2cncnc2C)C[C@@]12CCCO2. The fraction of sp³-hybridized carbons (Fsp3) is 0.643. The third-order valence-electron chi connectivity index (χ3n) is 4.28. The van der Waals surface area contributed by atoms with Gasteiger partial charge in [-0.25, -0.2) is 9.97 Å². The number of aryl methyl sites for hydroxylation is 1. The monoisotopic (exact) mass is 277 g/mol. The molecule has 20 heavy (non-hydrogen) atoms. The molecule has 2 saturated heterocycles. The lowest BCUT2D eigenvalue weighted by Crippen LogP contribution is -2.42. The average molecular weight is 277 g/mol.